The smallest absolute Gasteiger partial charge is 0.627 e. The van der Waals surface area contributed by atoms with Crippen molar-refractivity contribution in [3.8, 4) is 11.5 Å². The Balaban J connectivity index is 1.72. The molecule has 1 aliphatic heterocycles. The van der Waals surface area contributed by atoms with Crippen LogP contribution in [0, 0.1) is 0 Å². The van der Waals surface area contributed by atoms with Crippen LogP contribution in [0.25, 0.3) is 17.9 Å². The van der Waals surface area contributed by atoms with Crippen LogP contribution < -0.4 is 25.7 Å². The van der Waals surface area contributed by atoms with E-state index in [4.69, 9.17) is 9.15 Å². The lowest BCUT2D eigenvalue weighted by atomic mass is 10.1. The molecule has 1 aromatic heterocycles. The Morgan fingerprint density at radius 1 is 0.971 bits per heavy atom. The summed E-state index contributed by atoms with van der Waals surface area (Å²) >= 11 is 0. The summed E-state index contributed by atoms with van der Waals surface area (Å²) in [4.78, 5) is 12.7. The molecule has 0 saturated heterocycles. The second-order valence-electron chi connectivity index (χ2n) is 7.74. The first-order valence-electron chi connectivity index (χ1n) is 10.5. The highest BCUT2D eigenvalue weighted by atomic mass is 19.3. The largest absolute Gasteiger partial charge is 0.725 e. The van der Waals surface area contributed by atoms with Crippen LogP contribution >= 0.6 is 0 Å². The first kappa shape index (κ1) is 23.0. The summed E-state index contributed by atoms with van der Waals surface area (Å²) in [6.07, 6.45) is 13.7. The molecule has 174 valence electrons. The van der Waals surface area contributed by atoms with Gasteiger partial charge >= 0.3 is 12.7 Å². The van der Waals surface area contributed by atoms with Gasteiger partial charge in [-0.1, -0.05) is 24.3 Å². The van der Waals surface area contributed by atoms with E-state index >= 15 is 0 Å². The van der Waals surface area contributed by atoms with E-state index in [1.165, 1.54) is 18.2 Å². The van der Waals surface area contributed by atoms with E-state index in [0.29, 0.717) is 11.3 Å². The number of rotatable bonds is 4. The molecular formula is C25H22BF2NO5. The van der Waals surface area contributed by atoms with E-state index in [2.05, 4.69) is 9.31 Å². The highest BCUT2D eigenvalue weighted by Crippen LogP contribution is 2.24. The van der Waals surface area contributed by atoms with E-state index in [1.54, 1.807) is 43.5 Å². The molecule has 0 unspecified atom stereocenters. The van der Waals surface area contributed by atoms with Crippen LogP contribution in [0.2, 0.25) is 0 Å². The number of methoxy groups -OCH3 is 1. The second kappa shape index (κ2) is 9.39. The van der Waals surface area contributed by atoms with Gasteiger partial charge in [0.1, 0.15) is 30.5 Å². The Kier molecular flexibility index (Phi) is 6.36. The molecule has 4 rings (SSSR count). The normalized spacial score (nSPS) is 16.9. The van der Waals surface area contributed by atoms with Gasteiger partial charge in [-0.15, -0.1) is 0 Å². The predicted octanol–water partition coefficient (Wildman–Crippen LogP) is 2.80. The van der Waals surface area contributed by atoms with Gasteiger partial charge in [-0.3, -0.25) is 0 Å². The van der Waals surface area contributed by atoms with Crippen molar-refractivity contribution in [2.75, 3.05) is 21.2 Å². The van der Waals surface area contributed by atoms with Crippen molar-refractivity contribution in [1.29, 1.82) is 0 Å². The lowest BCUT2D eigenvalue weighted by Crippen LogP contribution is -2.46. The zero-order chi connectivity index (χ0) is 24.3. The summed E-state index contributed by atoms with van der Waals surface area (Å²) in [6, 6.07) is 8.17. The minimum atomic E-state index is -4.65. The lowest BCUT2D eigenvalue weighted by molar-refractivity contribution is -0.462. The number of allylic oxidation sites excluding steroid dienone is 6. The predicted molar refractivity (Wildman–Crippen MR) is 127 cm³/mol. The summed E-state index contributed by atoms with van der Waals surface area (Å²) in [5, 5.41) is -0.204. The Morgan fingerprint density at radius 2 is 1.68 bits per heavy atom. The average molecular weight is 465 g/mol. The van der Waals surface area contributed by atoms with Crippen LogP contribution in [0.1, 0.15) is 5.56 Å². The highest BCUT2D eigenvalue weighted by molar-refractivity contribution is 6.54. The van der Waals surface area contributed by atoms with Crippen LogP contribution in [0.3, 0.4) is 0 Å². The van der Waals surface area contributed by atoms with Crippen LogP contribution in [-0.2, 0) is 4.65 Å². The number of hydrogen-bond donors (Lipinski definition) is 0. The minimum Gasteiger partial charge on any atom is -0.627 e. The van der Waals surface area contributed by atoms with Crippen molar-refractivity contribution in [2.45, 2.75) is 0 Å². The SMILES string of the molecule is COc1ccc(/C=C/C2=c3c(c/c(=C/C=C4C=CC(=[N+](C)C)C=C4)oc3=O)O[B-](F)(F)O2)cc1. The summed E-state index contributed by atoms with van der Waals surface area (Å²) in [5.74, 6) is 0.0253. The van der Waals surface area contributed by atoms with Gasteiger partial charge in [0.25, 0.3) is 0 Å². The number of fused-ring (bicyclic) bond motifs is 1. The van der Waals surface area contributed by atoms with Gasteiger partial charge in [-0.2, -0.15) is 0 Å². The molecule has 0 atom stereocenters. The minimum absolute atomic E-state index is 0.0763. The quantitative estimate of drug-likeness (QED) is 0.514. The first-order valence-corrected chi connectivity index (χ1v) is 10.5. The van der Waals surface area contributed by atoms with E-state index in [9.17, 15) is 13.4 Å². The third kappa shape index (κ3) is 5.25. The maximum Gasteiger partial charge on any atom is 0.725 e. The molecule has 0 N–H and O–H groups in total. The van der Waals surface area contributed by atoms with Gasteiger partial charge in [0.15, 0.2) is 5.71 Å². The molecule has 0 radical (unpaired) electrons. The van der Waals surface area contributed by atoms with E-state index in [-0.39, 0.29) is 22.1 Å². The average Bonchev–Trinajstić information content (AvgIpc) is 2.80. The molecule has 1 aromatic carbocycles. The number of benzene rings is 1. The van der Waals surface area contributed by atoms with Gasteiger partial charge in [-0.25, -0.2) is 9.37 Å². The summed E-state index contributed by atoms with van der Waals surface area (Å²) < 4.78 is 50.1. The molecule has 0 saturated carbocycles. The maximum absolute atomic E-state index is 14.2. The van der Waals surface area contributed by atoms with Gasteiger partial charge in [0, 0.05) is 18.2 Å². The summed E-state index contributed by atoms with van der Waals surface area (Å²) in [6.45, 7) is 0. The molecule has 34 heavy (non-hydrogen) atoms. The summed E-state index contributed by atoms with van der Waals surface area (Å²) in [7, 11) is 0.760. The molecule has 1 aliphatic carbocycles. The molecule has 9 heteroatoms. The fraction of sp³-hybridized carbons (Fsp3) is 0.120. The van der Waals surface area contributed by atoms with Crippen molar-refractivity contribution >= 4 is 30.7 Å². The number of hydrogen-bond acceptors (Lipinski definition) is 5. The van der Waals surface area contributed by atoms with E-state index in [0.717, 1.165) is 11.3 Å². The molecule has 0 fully saturated rings. The van der Waals surface area contributed by atoms with Crippen LogP contribution in [-0.4, -0.2) is 38.6 Å². The van der Waals surface area contributed by atoms with E-state index < -0.39 is 12.7 Å². The topological polar surface area (TPSA) is 60.9 Å². The van der Waals surface area contributed by atoms with Crippen LogP contribution in [0.4, 0.5) is 8.63 Å². The molecule has 2 aromatic rings. The molecule has 0 spiro atoms. The molecular weight excluding hydrogens is 443 g/mol. The van der Waals surface area contributed by atoms with E-state index in [1.807, 2.05) is 43.0 Å². The first-order chi connectivity index (χ1) is 16.2. The fourth-order valence-electron chi connectivity index (χ4n) is 3.34. The number of ether oxygens (including phenoxy) is 1. The van der Waals surface area contributed by atoms with Crippen LogP contribution in [0.5, 0.6) is 11.5 Å². The third-order valence-electron chi connectivity index (χ3n) is 5.10. The Morgan fingerprint density at radius 3 is 2.32 bits per heavy atom. The van der Waals surface area contributed by atoms with Gasteiger partial charge in [-0.05, 0) is 47.6 Å². The monoisotopic (exact) mass is 465 g/mol. The van der Waals surface area contributed by atoms with Gasteiger partial charge in [0.2, 0.25) is 0 Å². The lowest BCUT2D eigenvalue weighted by Gasteiger charge is -2.32. The van der Waals surface area contributed by atoms with Gasteiger partial charge < -0.3 is 27.1 Å². The molecule has 2 aliphatic rings. The van der Waals surface area contributed by atoms with Crippen molar-refractivity contribution in [3.05, 3.63) is 99.0 Å². The Labute approximate surface area is 194 Å². The summed E-state index contributed by atoms with van der Waals surface area (Å²) in [5.41, 5.74) is 1.80. The third-order valence-corrected chi connectivity index (χ3v) is 5.10. The Bertz CT molecular complexity index is 1430. The van der Waals surface area contributed by atoms with Crippen molar-refractivity contribution in [3.63, 3.8) is 0 Å². The molecule has 0 bridgehead atoms. The standard InChI is InChI=1S/C25H22BF2NO5/c1-29(2)19-10-4-17(5-11-19)8-14-21-16-23-24(25(30)32-21)22(33-26(27,28)34-23)15-9-18-6-12-20(31-3)13-7-18/h4-16H,1-3H3/b15-9+,21-14-. The van der Waals surface area contributed by atoms with Crippen molar-refractivity contribution < 1.29 is 31.7 Å². The zero-order valence-corrected chi connectivity index (χ0v) is 18.8. The maximum atomic E-state index is 14.2. The molecule has 2 heterocycles. The fourth-order valence-corrected chi connectivity index (χ4v) is 3.34. The van der Waals surface area contributed by atoms with Gasteiger partial charge in [0.05, 0.1) is 18.6 Å². The molecule has 6 nitrogen and oxygen atoms in total. The zero-order valence-electron chi connectivity index (χ0n) is 18.8. The van der Waals surface area contributed by atoms with Crippen LogP contribution in [0.15, 0.2) is 81.6 Å². The Hall–Kier alpha value is -4.14. The van der Waals surface area contributed by atoms with Crippen molar-refractivity contribution in [2.24, 2.45) is 0 Å². The highest BCUT2D eigenvalue weighted by Gasteiger charge is 2.38. The molecule has 0 amide bonds. The number of nitrogens with zero attached hydrogens (tertiary/aromatic N) is 1. The second-order valence-corrected chi connectivity index (χ2v) is 7.74. The van der Waals surface area contributed by atoms with Crippen molar-refractivity contribution in [1.82, 2.24) is 0 Å². The number of halogens is 2.